The highest BCUT2D eigenvalue weighted by atomic mass is 16.5. The van der Waals surface area contributed by atoms with E-state index in [9.17, 15) is 5.11 Å². The zero-order valence-electron chi connectivity index (χ0n) is 17.2. The van der Waals surface area contributed by atoms with E-state index < -0.39 is 6.10 Å². The third kappa shape index (κ3) is 3.48. The van der Waals surface area contributed by atoms with Gasteiger partial charge >= 0.3 is 0 Å². The van der Waals surface area contributed by atoms with Crippen LogP contribution in [0.25, 0.3) is 0 Å². The average Bonchev–Trinajstić information content (AvgIpc) is 3.53. The number of methoxy groups -OCH3 is 1. The normalized spacial score (nSPS) is 21.1. The van der Waals surface area contributed by atoms with Crippen LogP contribution in [0.3, 0.4) is 0 Å². The molecule has 1 atom stereocenters. The van der Waals surface area contributed by atoms with Gasteiger partial charge in [0, 0.05) is 24.9 Å². The predicted molar refractivity (Wildman–Crippen MR) is 112 cm³/mol. The van der Waals surface area contributed by atoms with Gasteiger partial charge < -0.3 is 24.2 Å². The number of guanidine groups is 1. The topological polar surface area (TPSA) is 82.4 Å². The number of benzene rings is 1. The van der Waals surface area contributed by atoms with Gasteiger partial charge in [0.1, 0.15) is 30.5 Å². The first-order valence-corrected chi connectivity index (χ1v) is 10.4. The number of nitrogens with zero attached hydrogens (tertiary/aromatic N) is 5. The Morgan fingerprint density at radius 3 is 2.87 bits per heavy atom. The fraction of sp³-hybridized carbons (Fsp3) is 0.524. The highest BCUT2D eigenvalue weighted by Crippen LogP contribution is 2.43. The smallest absolute Gasteiger partial charge is 0.214 e. The molecule has 0 aliphatic carbocycles. The quantitative estimate of drug-likeness (QED) is 0.754. The average molecular weight is 413 g/mol. The third-order valence-electron chi connectivity index (χ3n) is 5.74. The summed E-state index contributed by atoms with van der Waals surface area (Å²) in [7, 11) is 1.61. The molecule has 9 heteroatoms. The SMILES string of the molecule is COc1c(OC[C@H](O)CN2CCCC2)ccc2c1N=C(N1C=COC1)N1CCN=C21. The van der Waals surface area contributed by atoms with Crippen LogP contribution in [0.15, 0.2) is 34.6 Å². The number of likely N-dealkylation sites (tertiary alicyclic amines) is 1. The highest BCUT2D eigenvalue weighted by molar-refractivity contribution is 6.16. The molecule has 1 aromatic rings. The lowest BCUT2D eigenvalue weighted by Gasteiger charge is -2.32. The second-order valence-electron chi connectivity index (χ2n) is 7.79. The van der Waals surface area contributed by atoms with E-state index in [1.165, 1.54) is 12.8 Å². The Kier molecular flexibility index (Phi) is 5.22. The van der Waals surface area contributed by atoms with Crippen LogP contribution in [0.4, 0.5) is 5.69 Å². The van der Waals surface area contributed by atoms with Crippen LogP contribution >= 0.6 is 0 Å². The maximum absolute atomic E-state index is 10.4. The minimum absolute atomic E-state index is 0.206. The first-order chi connectivity index (χ1) is 14.7. The Balaban J connectivity index is 1.40. The Bertz CT molecular complexity index is 894. The number of ether oxygens (including phenoxy) is 3. The van der Waals surface area contributed by atoms with E-state index in [0.717, 1.165) is 43.5 Å². The van der Waals surface area contributed by atoms with Crippen LogP contribution in [0.5, 0.6) is 11.5 Å². The summed E-state index contributed by atoms with van der Waals surface area (Å²) in [4.78, 5) is 15.9. The van der Waals surface area contributed by atoms with Crippen molar-refractivity contribution in [3.8, 4) is 11.5 Å². The summed E-state index contributed by atoms with van der Waals surface area (Å²) >= 11 is 0. The number of aliphatic hydroxyl groups excluding tert-OH is 1. The molecule has 0 amide bonds. The third-order valence-corrected chi connectivity index (χ3v) is 5.74. The van der Waals surface area contributed by atoms with Crippen molar-refractivity contribution in [2.75, 3.05) is 53.2 Å². The zero-order chi connectivity index (χ0) is 20.5. The summed E-state index contributed by atoms with van der Waals surface area (Å²) < 4.78 is 17.0. The number of aliphatic hydroxyl groups is 1. The van der Waals surface area contributed by atoms with Gasteiger partial charge in [-0.1, -0.05) is 0 Å². The molecule has 4 heterocycles. The number of fused-ring (bicyclic) bond motifs is 3. The Hall–Kier alpha value is -2.78. The molecular formula is C21H27N5O4. The highest BCUT2D eigenvalue weighted by Gasteiger charge is 2.35. The molecule has 1 fully saturated rings. The molecule has 0 radical (unpaired) electrons. The molecule has 0 unspecified atom stereocenters. The van der Waals surface area contributed by atoms with Crippen LogP contribution < -0.4 is 9.47 Å². The number of amidine groups is 1. The van der Waals surface area contributed by atoms with E-state index in [1.807, 2.05) is 23.2 Å². The molecule has 5 rings (SSSR count). The molecular weight excluding hydrogens is 386 g/mol. The van der Waals surface area contributed by atoms with E-state index >= 15 is 0 Å². The predicted octanol–water partition coefficient (Wildman–Crippen LogP) is 1.35. The van der Waals surface area contributed by atoms with Crippen molar-refractivity contribution in [3.05, 3.63) is 30.2 Å². The molecule has 0 spiro atoms. The summed E-state index contributed by atoms with van der Waals surface area (Å²) in [5.74, 6) is 2.77. The van der Waals surface area contributed by atoms with Gasteiger partial charge in [-0.3, -0.25) is 14.8 Å². The Morgan fingerprint density at radius 2 is 2.10 bits per heavy atom. The second-order valence-corrected chi connectivity index (χ2v) is 7.79. The van der Waals surface area contributed by atoms with Crippen LogP contribution in [0.1, 0.15) is 18.4 Å². The fourth-order valence-electron chi connectivity index (χ4n) is 4.32. The molecule has 4 aliphatic rings. The van der Waals surface area contributed by atoms with Gasteiger partial charge in [0.2, 0.25) is 5.96 Å². The van der Waals surface area contributed by atoms with E-state index in [2.05, 4.69) is 14.8 Å². The lowest BCUT2D eigenvalue weighted by Crippen LogP contribution is -2.45. The van der Waals surface area contributed by atoms with Gasteiger partial charge in [0.05, 0.1) is 13.7 Å². The molecule has 160 valence electrons. The number of aliphatic imine (C=N–C) groups is 2. The zero-order valence-corrected chi connectivity index (χ0v) is 17.2. The van der Waals surface area contributed by atoms with E-state index in [0.29, 0.717) is 30.5 Å². The van der Waals surface area contributed by atoms with Crippen molar-refractivity contribution >= 4 is 17.5 Å². The lowest BCUT2D eigenvalue weighted by atomic mass is 10.1. The van der Waals surface area contributed by atoms with Gasteiger partial charge in [-0.15, -0.1) is 0 Å². The summed E-state index contributed by atoms with van der Waals surface area (Å²) in [6, 6.07) is 3.84. The summed E-state index contributed by atoms with van der Waals surface area (Å²) in [6.07, 6.45) is 5.37. The maximum Gasteiger partial charge on any atom is 0.214 e. The maximum atomic E-state index is 10.4. The molecule has 0 saturated carbocycles. The fourth-order valence-corrected chi connectivity index (χ4v) is 4.32. The summed E-state index contributed by atoms with van der Waals surface area (Å²) in [6.45, 7) is 4.84. The molecule has 0 bridgehead atoms. The van der Waals surface area contributed by atoms with E-state index in [1.54, 1.807) is 13.4 Å². The lowest BCUT2D eigenvalue weighted by molar-refractivity contribution is 0.0747. The Labute approximate surface area is 175 Å². The van der Waals surface area contributed by atoms with E-state index in [4.69, 9.17) is 19.2 Å². The van der Waals surface area contributed by atoms with Crippen LogP contribution in [0, 0.1) is 0 Å². The minimum atomic E-state index is -0.551. The van der Waals surface area contributed by atoms with Gasteiger partial charge in [0.25, 0.3) is 0 Å². The number of hydrogen-bond acceptors (Lipinski definition) is 9. The van der Waals surface area contributed by atoms with E-state index in [-0.39, 0.29) is 6.61 Å². The number of β-amino-alcohol motifs (C(OH)–C–C–N with tert-alkyl or cyclic N) is 1. The van der Waals surface area contributed by atoms with Gasteiger partial charge in [-0.2, -0.15) is 0 Å². The standard InChI is InChI=1S/C21H27N5O4/c1-28-19-17(30-13-15(27)12-24-7-2-3-8-24)5-4-16-18(19)23-21(25-10-11-29-14-25)26-9-6-22-20(16)26/h4-5,10-11,15,27H,2-3,6-9,12-14H2,1H3/t15-/m1/s1. The molecule has 9 nitrogen and oxygen atoms in total. The molecule has 1 aromatic carbocycles. The Morgan fingerprint density at radius 1 is 1.23 bits per heavy atom. The van der Waals surface area contributed by atoms with Gasteiger partial charge in [0.15, 0.2) is 18.2 Å². The molecule has 0 aromatic heterocycles. The van der Waals surface area contributed by atoms with Crippen LogP contribution in [-0.4, -0.2) is 90.9 Å². The number of hydrogen-bond donors (Lipinski definition) is 1. The van der Waals surface area contributed by atoms with Gasteiger partial charge in [-0.25, -0.2) is 4.99 Å². The van der Waals surface area contributed by atoms with Gasteiger partial charge in [-0.05, 0) is 38.1 Å². The van der Waals surface area contributed by atoms with Crippen LogP contribution in [-0.2, 0) is 4.74 Å². The summed E-state index contributed by atoms with van der Waals surface area (Å²) in [5.41, 5.74) is 1.61. The number of rotatable bonds is 6. The van der Waals surface area contributed by atoms with Crippen molar-refractivity contribution in [3.63, 3.8) is 0 Å². The van der Waals surface area contributed by atoms with Crippen molar-refractivity contribution in [1.82, 2.24) is 14.7 Å². The second kappa shape index (κ2) is 8.16. The van der Waals surface area contributed by atoms with Crippen molar-refractivity contribution < 1.29 is 19.3 Å². The molecule has 1 N–H and O–H groups in total. The monoisotopic (exact) mass is 413 g/mol. The summed E-state index contributed by atoms with van der Waals surface area (Å²) in [5, 5.41) is 10.4. The minimum Gasteiger partial charge on any atom is -0.491 e. The molecule has 1 saturated heterocycles. The van der Waals surface area contributed by atoms with Crippen molar-refractivity contribution in [2.24, 2.45) is 9.98 Å². The molecule has 4 aliphatic heterocycles. The van der Waals surface area contributed by atoms with Crippen molar-refractivity contribution in [2.45, 2.75) is 18.9 Å². The van der Waals surface area contributed by atoms with Crippen molar-refractivity contribution in [1.29, 1.82) is 0 Å². The first kappa shape index (κ1) is 19.2. The van der Waals surface area contributed by atoms with Crippen LogP contribution in [0.2, 0.25) is 0 Å². The molecule has 30 heavy (non-hydrogen) atoms. The largest absolute Gasteiger partial charge is 0.491 e. The first-order valence-electron chi connectivity index (χ1n) is 10.4.